The maximum absolute atomic E-state index is 5.46. The molecule has 0 bridgehead atoms. The molecule has 4 rings (SSSR count). The molecule has 0 amide bonds. The Kier molecular flexibility index (Phi) is 4.56. The summed E-state index contributed by atoms with van der Waals surface area (Å²) in [5.74, 6) is 1.32. The molecule has 0 unspecified atom stereocenters. The van der Waals surface area contributed by atoms with Crippen LogP contribution in [0.4, 0.5) is 0 Å². The Labute approximate surface area is 146 Å². The number of rotatable bonds is 5. The van der Waals surface area contributed by atoms with E-state index in [-0.39, 0.29) is 0 Å². The minimum atomic E-state index is 0.428. The molecule has 1 aromatic carbocycles. The molecule has 1 aliphatic rings. The molecule has 1 aliphatic heterocycles. The van der Waals surface area contributed by atoms with E-state index in [0.717, 1.165) is 30.9 Å². The van der Waals surface area contributed by atoms with Gasteiger partial charge in [0.2, 0.25) is 0 Å². The standard InChI is InChI=1S/C18H22N6O/c1-14-5-7-15(8-6-14)18-21-17(22-25-18)11-23-9-3-2-4-16(23)10-24-13-19-12-20-24/h5-8,12-13,16H,2-4,9-11H2,1H3/t16-/m0/s1. The highest BCUT2D eigenvalue weighted by atomic mass is 16.5. The van der Waals surface area contributed by atoms with Crippen molar-refractivity contribution in [3.63, 3.8) is 0 Å². The Morgan fingerprint density at radius 1 is 1.20 bits per heavy atom. The van der Waals surface area contributed by atoms with E-state index in [2.05, 4.69) is 44.2 Å². The smallest absolute Gasteiger partial charge is 0.257 e. The van der Waals surface area contributed by atoms with Crippen molar-refractivity contribution in [3.05, 3.63) is 48.3 Å². The third kappa shape index (κ3) is 3.76. The van der Waals surface area contributed by atoms with Crippen LogP contribution < -0.4 is 0 Å². The molecule has 130 valence electrons. The van der Waals surface area contributed by atoms with Gasteiger partial charge >= 0.3 is 0 Å². The lowest BCUT2D eigenvalue weighted by Crippen LogP contribution is -2.41. The van der Waals surface area contributed by atoms with Crippen LogP contribution in [0.15, 0.2) is 41.4 Å². The van der Waals surface area contributed by atoms with Gasteiger partial charge in [-0.25, -0.2) is 4.98 Å². The molecule has 0 spiro atoms. The van der Waals surface area contributed by atoms with Gasteiger partial charge in [-0.15, -0.1) is 0 Å². The minimum absolute atomic E-state index is 0.428. The van der Waals surface area contributed by atoms with Crippen molar-refractivity contribution in [2.45, 2.75) is 45.3 Å². The maximum Gasteiger partial charge on any atom is 0.257 e. The highest BCUT2D eigenvalue weighted by molar-refractivity contribution is 5.53. The minimum Gasteiger partial charge on any atom is -0.334 e. The topological polar surface area (TPSA) is 72.9 Å². The average molecular weight is 338 g/mol. The molecule has 3 heterocycles. The molecule has 25 heavy (non-hydrogen) atoms. The Morgan fingerprint density at radius 2 is 2.08 bits per heavy atom. The third-order valence-corrected chi connectivity index (χ3v) is 4.72. The van der Waals surface area contributed by atoms with Crippen LogP contribution in [0.25, 0.3) is 11.5 Å². The second-order valence-corrected chi connectivity index (χ2v) is 6.62. The first kappa shape index (κ1) is 16.0. The van der Waals surface area contributed by atoms with Gasteiger partial charge < -0.3 is 4.52 Å². The zero-order chi connectivity index (χ0) is 17.1. The van der Waals surface area contributed by atoms with Gasteiger partial charge in [0.15, 0.2) is 5.82 Å². The first-order valence-electron chi connectivity index (χ1n) is 8.74. The molecular weight excluding hydrogens is 316 g/mol. The second kappa shape index (κ2) is 7.14. The van der Waals surface area contributed by atoms with E-state index in [9.17, 15) is 0 Å². The van der Waals surface area contributed by atoms with Crippen molar-refractivity contribution < 1.29 is 4.52 Å². The summed E-state index contributed by atoms with van der Waals surface area (Å²) < 4.78 is 7.36. The SMILES string of the molecule is Cc1ccc(-c2nc(CN3CCCC[C@H]3Cn3cncn3)no2)cc1. The quantitative estimate of drug-likeness (QED) is 0.712. The van der Waals surface area contributed by atoms with Crippen molar-refractivity contribution in [1.82, 2.24) is 29.8 Å². The summed E-state index contributed by atoms with van der Waals surface area (Å²) in [6.07, 6.45) is 6.96. The summed E-state index contributed by atoms with van der Waals surface area (Å²) in [7, 11) is 0. The third-order valence-electron chi connectivity index (χ3n) is 4.72. The summed E-state index contributed by atoms with van der Waals surface area (Å²) in [5, 5.41) is 8.41. The predicted octanol–water partition coefficient (Wildman–Crippen LogP) is 2.69. The van der Waals surface area contributed by atoms with Gasteiger partial charge in [-0.3, -0.25) is 9.58 Å². The van der Waals surface area contributed by atoms with E-state index in [1.165, 1.54) is 18.4 Å². The zero-order valence-corrected chi connectivity index (χ0v) is 14.4. The van der Waals surface area contributed by atoms with Gasteiger partial charge in [-0.1, -0.05) is 29.3 Å². The van der Waals surface area contributed by atoms with Crippen LogP contribution >= 0.6 is 0 Å². The lowest BCUT2D eigenvalue weighted by molar-refractivity contribution is 0.117. The average Bonchev–Trinajstić information content (AvgIpc) is 3.29. The Bertz CT molecular complexity index is 795. The summed E-state index contributed by atoms with van der Waals surface area (Å²) in [5.41, 5.74) is 2.18. The van der Waals surface area contributed by atoms with Crippen molar-refractivity contribution in [3.8, 4) is 11.5 Å². The predicted molar refractivity (Wildman–Crippen MR) is 92.5 cm³/mol. The number of likely N-dealkylation sites (tertiary alicyclic amines) is 1. The van der Waals surface area contributed by atoms with Crippen LogP contribution in [-0.2, 0) is 13.1 Å². The molecule has 1 fully saturated rings. The van der Waals surface area contributed by atoms with Crippen LogP contribution in [0.5, 0.6) is 0 Å². The number of hydrogen-bond acceptors (Lipinski definition) is 6. The molecule has 0 radical (unpaired) electrons. The van der Waals surface area contributed by atoms with Crippen LogP contribution in [0.2, 0.25) is 0 Å². The molecule has 3 aromatic rings. The number of hydrogen-bond donors (Lipinski definition) is 0. The number of benzene rings is 1. The normalized spacial score (nSPS) is 18.5. The van der Waals surface area contributed by atoms with Crippen LogP contribution in [-0.4, -0.2) is 42.4 Å². The maximum atomic E-state index is 5.46. The number of nitrogens with zero attached hydrogens (tertiary/aromatic N) is 6. The molecule has 7 nitrogen and oxygen atoms in total. The first-order valence-corrected chi connectivity index (χ1v) is 8.74. The highest BCUT2D eigenvalue weighted by Crippen LogP contribution is 2.22. The number of aromatic nitrogens is 5. The summed E-state index contributed by atoms with van der Waals surface area (Å²) in [6, 6.07) is 8.56. The fraction of sp³-hybridized carbons (Fsp3) is 0.444. The molecule has 7 heteroatoms. The van der Waals surface area contributed by atoms with Gasteiger partial charge in [0.1, 0.15) is 12.7 Å². The number of aryl methyl sites for hydroxylation is 1. The van der Waals surface area contributed by atoms with Gasteiger partial charge in [0.25, 0.3) is 5.89 Å². The summed E-state index contributed by atoms with van der Waals surface area (Å²) in [4.78, 5) is 11.0. The van der Waals surface area contributed by atoms with Gasteiger partial charge in [0, 0.05) is 11.6 Å². The van der Waals surface area contributed by atoms with Crippen LogP contribution in [0.3, 0.4) is 0 Å². The van der Waals surface area contributed by atoms with Crippen molar-refractivity contribution >= 4 is 0 Å². The second-order valence-electron chi connectivity index (χ2n) is 6.62. The molecule has 1 saturated heterocycles. The van der Waals surface area contributed by atoms with Crippen molar-refractivity contribution in [2.75, 3.05) is 6.54 Å². The van der Waals surface area contributed by atoms with E-state index in [1.54, 1.807) is 12.7 Å². The van der Waals surface area contributed by atoms with Gasteiger partial charge in [-0.05, 0) is 38.4 Å². The van der Waals surface area contributed by atoms with Gasteiger partial charge in [-0.2, -0.15) is 10.1 Å². The lowest BCUT2D eigenvalue weighted by atomic mass is 10.0. The number of piperidine rings is 1. The van der Waals surface area contributed by atoms with Gasteiger partial charge in [0.05, 0.1) is 13.1 Å². The van der Waals surface area contributed by atoms with Crippen molar-refractivity contribution in [1.29, 1.82) is 0 Å². The molecule has 1 atom stereocenters. The summed E-state index contributed by atoms with van der Waals surface area (Å²) >= 11 is 0. The highest BCUT2D eigenvalue weighted by Gasteiger charge is 2.24. The van der Waals surface area contributed by atoms with E-state index in [0.29, 0.717) is 18.5 Å². The Balaban J connectivity index is 1.45. The fourth-order valence-electron chi connectivity index (χ4n) is 3.33. The molecule has 2 aromatic heterocycles. The van der Waals surface area contributed by atoms with Crippen molar-refractivity contribution in [2.24, 2.45) is 0 Å². The Morgan fingerprint density at radius 3 is 2.88 bits per heavy atom. The molecule has 0 aliphatic carbocycles. The molecular formula is C18H22N6O. The molecule has 0 saturated carbocycles. The van der Waals surface area contributed by atoms with E-state index in [4.69, 9.17) is 4.52 Å². The zero-order valence-electron chi connectivity index (χ0n) is 14.4. The molecule has 0 N–H and O–H groups in total. The largest absolute Gasteiger partial charge is 0.334 e. The van der Waals surface area contributed by atoms with E-state index < -0.39 is 0 Å². The summed E-state index contributed by atoms with van der Waals surface area (Å²) in [6.45, 7) is 4.67. The monoisotopic (exact) mass is 338 g/mol. The van der Waals surface area contributed by atoms with Crippen LogP contribution in [0.1, 0.15) is 30.7 Å². The lowest BCUT2D eigenvalue weighted by Gasteiger charge is -2.34. The van der Waals surface area contributed by atoms with E-state index >= 15 is 0 Å². The first-order chi connectivity index (χ1) is 12.3. The van der Waals surface area contributed by atoms with Crippen LogP contribution in [0, 0.1) is 6.92 Å². The van der Waals surface area contributed by atoms with E-state index in [1.807, 2.05) is 16.8 Å². The Hall–Kier alpha value is -2.54. The fourth-order valence-corrected chi connectivity index (χ4v) is 3.33.